The molecule has 128 valence electrons. The average molecular weight is 411 g/mol. The van der Waals surface area contributed by atoms with Crippen molar-refractivity contribution in [1.29, 1.82) is 0 Å². The van der Waals surface area contributed by atoms with Crippen LogP contribution in [0.15, 0.2) is 46.9 Å². The van der Waals surface area contributed by atoms with E-state index in [0.717, 1.165) is 21.7 Å². The van der Waals surface area contributed by atoms with Gasteiger partial charge in [-0.3, -0.25) is 9.10 Å². The molecule has 24 heavy (non-hydrogen) atoms. The molecule has 0 unspecified atom stereocenters. The lowest BCUT2D eigenvalue weighted by Gasteiger charge is -2.23. The number of aryl methyl sites for hydroxylation is 2. The molecule has 0 aliphatic heterocycles. The largest absolute Gasteiger partial charge is 0.324 e. The second-order valence-corrected chi connectivity index (χ2v) is 8.41. The highest BCUT2D eigenvalue weighted by atomic mass is 79.9. The van der Waals surface area contributed by atoms with E-state index in [1.807, 2.05) is 32.0 Å². The zero-order chi connectivity index (χ0) is 17.9. The Balaban J connectivity index is 2.24. The van der Waals surface area contributed by atoms with Crippen LogP contribution < -0.4 is 9.62 Å². The molecule has 0 fully saturated rings. The maximum Gasteiger partial charge on any atom is 0.245 e. The van der Waals surface area contributed by atoms with Crippen molar-refractivity contribution >= 4 is 43.2 Å². The Labute approximate surface area is 150 Å². The molecule has 0 heterocycles. The number of hydrogen-bond donors (Lipinski definition) is 1. The summed E-state index contributed by atoms with van der Waals surface area (Å²) in [4.78, 5) is 12.3. The van der Waals surface area contributed by atoms with Gasteiger partial charge in [-0.2, -0.15) is 0 Å². The second kappa shape index (κ2) is 7.36. The summed E-state index contributed by atoms with van der Waals surface area (Å²) in [6.45, 7) is 3.58. The molecular formula is C17H19BrN2O3S. The summed E-state index contributed by atoms with van der Waals surface area (Å²) >= 11 is 3.33. The summed E-state index contributed by atoms with van der Waals surface area (Å²) in [6.07, 6.45) is 1.08. The van der Waals surface area contributed by atoms with Crippen LogP contribution in [0.4, 0.5) is 11.4 Å². The van der Waals surface area contributed by atoms with E-state index in [1.54, 1.807) is 24.3 Å². The van der Waals surface area contributed by atoms with Crippen LogP contribution in [0.1, 0.15) is 11.1 Å². The first-order valence-corrected chi connectivity index (χ1v) is 9.91. The van der Waals surface area contributed by atoms with Crippen LogP contribution >= 0.6 is 15.9 Å². The van der Waals surface area contributed by atoms with E-state index in [0.29, 0.717) is 15.8 Å². The summed E-state index contributed by atoms with van der Waals surface area (Å²) in [5.74, 6) is -0.402. The molecule has 1 amide bonds. The van der Waals surface area contributed by atoms with Crippen molar-refractivity contribution in [1.82, 2.24) is 0 Å². The van der Waals surface area contributed by atoms with Crippen molar-refractivity contribution in [3.05, 3.63) is 58.1 Å². The topological polar surface area (TPSA) is 66.5 Å². The maximum absolute atomic E-state index is 12.3. The number of halogens is 1. The van der Waals surface area contributed by atoms with Gasteiger partial charge >= 0.3 is 0 Å². The van der Waals surface area contributed by atoms with Crippen molar-refractivity contribution in [2.75, 3.05) is 22.4 Å². The number of carbonyl (C=O) groups excluding carboxylic acids is 1. The number of anilines is 2. The Kier molecular flexibility index (Phi) is 5.66. The van der Waals surface area contributed by atoms with Crippen LogP contribution in [-0.4, -0.2) is 27.1 Å². The summed E-state index contributed by atoms with van der Waals surface area (Å²) in [6, 6.07) is 12.6. The van der Waals surface area contributed by atoms with E-state index in [-0.39, 0.29) is 6.54 Å². The average Bonchev–Trinajstić information content (AvgIpc) is 2.43. The molecule has 0 aliphatic rings. The van der Waals surface area contributed by atoms with Crippen LogP contribution in [0.3, 0.4) is 0 Å². The van der Waals surface area contributed by atoms with Gasteiger partial charge in [0.2, 0.25) is 15.9 Å². The molecule has 2 rings (SSSR count). The predicted molar refractivity (Wildman–Crippen MR) is 101 cm³/mol. The standard InChI is InChI=1S/C17H19BrN2O3S/c1-12-8-13(2)10-14(9-12)19-17(21)11-20(24(3,22)23)16-7-5-4-6-15(16)18/h4-10H,11H2,1-3H3,(H,19,21). The van der Waals surface area contributed by atoms with Crippen LogP contribution in [0.5, 0.6) is 0 Å². The van der Waals surface area contributed by atoms with Gasteiger partial charge in [0.1, 0.15) is 6.54 Å². The first kappa shape index (κ1) is 18.5. The number of para-hydroxylation sites is 1. The van der Waals surface area contributed by atoms with Gasteiger partial charge in [-0.15, -0.1) is 0 Å². The molecule has 1 N–H and O–H groups in total. The molecule has 5 nitrogen and oxygen atoms in total. The van der Waals surface area contributed by atoms with Gasteiger partial charge in [0, 0.05) is 10.2 Å². The van der Waals surface area contributed by atoms with Crippen molar-refractivity contribution in [3.63, 3.8) is 0 Å². The fourth-order valence-electron chi connectivity index (χ4n) is 2.41. The summed E-state index contributed by atoms with van der Waals surface area (Å²) in [5.41, 5.74) is 3.13. The lowest BCUT2D eigenvalue weighted by atomic mass is 10.1. The quantitative estimate of drug-likeness (QED) is 0.820. The molecule has 0 bridgehead atoms. The number of benzene rings is 2. The second-order valence-electron chi connectivity index (χ2n) is 5.65. The highest BCUT2D eigenvalue weighted by molar-refractivity contribution is 9.10. The van der Waals surface area contributed by atoms with Crippen LogP contribution in [0, 0.1) is 13.8 Å². The smallest absolute Gasteiger partial charge is 0.245 e. The zero-order valence-electron chi connectivity index (χ0n) is 13.7. The molecule has 0 saturated heterocycles. The number of hydrogen-bond acceptors (Lipinski definition) is 3. The third-order valence-electron chi connectivity index (χ3n) is 3.31. The number of carbonyl (C=O) groups is 1. The van der Waals surface area contributed by atoms with E-state index < -0.39 is 15.9 Å². The summed E-state index contributed by atoms with van der Waals surface area (Å²) in [7, 11) is -3.60. The van der Waals surface area contributed by atoms with Gasteiger partial charge in [-0.1, -0.05) is 18.2 Å². The highest BCUT2D eigenvalue weighted by Crippen LogP contribution is 2.27. The molecule has 2 aromatic carbocycles. The molecule has 0 radical (unpaired) electrons. The third-order valence-corrected chi connectivity index (χ3v) is 5.11. The van der Waals surface area contributed by atoms with Gasteiger partial charge < -0.3 is 5.32 Å². The number of nitrogens with one attached hydrogen (secondary N) is 1. The van der Waals surface area contributed by atoms with Gasteiger partial charge in [-0.25, -0.2) is 8.42 Å². The van der Waals surface area contributed by atoms with Crippen molar-refractivity contribution in [2.45, 2.75) is 13.8 Å². The fourth-order valence-corrected chi connectivity index (χ4v) is 3.90. The fraction of sp³-hybridized carbons (Fsp3) is 0.235. The normalized spacial score (nSPS) is 11.2. The molecule has 7 heteroatoms. The maximum atomic E-state index is 12.3. The zero-order valence-corrected chi connectivity index (χ0v) is 16.1. The van der Waals surface area contributed by atoms with E-state index in [4.69, 9.17) is 0 Å². The molecule has 0 spiro atoms. The Morgan fingerprint density at radius 1 is 1.12 bits per heavy atom. The molecule has 0 atom stereocenters. The van der Waals surface area contributed by atoms with Crippen LogP contribution in [-0.2, 0) is 14.8 Å². The van der Waals surface area contributed by atoms with E-state index in [2.05, 4.69) is 21.2 Å². The monoisotopic (exact) mass is 410 g/mol. The molecule has 2 aromatic rings. The minimum absolute atomic E-state index is 0.297. The van der Waals surface area contributed by atoms with E-state index in [1.165, 1.54) is 0 Å². The summed E-state index contributed by atoms with van der Waals surface area (Å²) in [5, 5.41) is 2.76. The number of rotatable bonds is 5. The Morgan fingerprint density at radius 2 is 1.71 bits per heavy atom. The van der Waals surface area contributed by atoms with Crippen LogP contribution in [0.25, 0.3) is 0 Å². The molecular weight excluding hydrogens is 392 g/mol. The SMILES string of the molecule is Cc1cc(C)cc(NC(=O)CN(c2ccccc2Br)S(C)(=O)=O)c1. The minimum atomic E-state index is -3.60. The van der Waals surface area contributed by atoms with E-state index >= 15 is 0 Å². The lowest BCUT2D eigenvalue weighted by molar-refractivity contribution is -0.114. The Bertz CT molecular complexity index is 846. The minimum Gasteiger partial charge on any atom is -0.324 e. The Morgan fingerprint density at radius 3 is 2.25 bits per heavy atom. The molecule has 0 saturated carbocycles. The van der Waals surface area contributed by atoms with Gasteiger partial charge in [0.15, 0.2) is 0 Å². The van der Waals surface area contributed by atoms with Gasteiger partial charge in [0.25, 0.3) is 0 Å². The highest BCUT2D eigenvalue weighted by Gasteiger charge is 2.22. The summed E-state index contributed by atoms with van der Waals surface area (Å²) < 4.78 is 25.9. The van der Waals surface area contributed by atoms with E-state index in [9.17, 15) is 13.2 Å². The predicted octanol–water partition coefficient (Wildman–Crippen LogP) is 3.47. The Hall–Kier alpha value is -1.86. The van der Waals surface area contributed by atoms with Crippen LogP contribution in [0.2, 0.25) is 0 Å². The van der Waals surface area contributed by atoms with Gasteiger partial charge in [0.05, 0.1) is 11.9 Å². The van der Waals surface area contributed by atoms with Crippen molar-refractivity contribution in [3.8, 4) is 0 Å². The lowest BCUT2D eigenvalue weighted by Crippen LogP contribution is -2.37. The molecule has 0 aromatic heterocycles. The molecule has 0 aliphatic carbocycles. The number of amides is 1. The first-order chi connectivity index (χ1) is 11.2. The third kappa shape index (κ3) is 4.82. The first-order valence-electron chi connectivity index (χ1n) is 7.27. The van der Waals surface area contributed by atoms with Crippen molar-refractivity contribution < 1.29 is 13.2 Å². The number of nitrogens with zero attached hydrogens (tertiary/aromatic N) is 1. The van der Waals surface area contributed by atoms with Gasteiger partial charge in [-0.05, 0) is 65.2 Å². The number of sulfonamides is 1. The van der Waals surface area contributed by atoms with Crippen molar-refractivity contribution in [2.24, 2.45) is 0 Å².